The third-order valence-corrected chi connectivity index (χ3v) is 14.6. The number of benzene rings is 1. The van der Waals surface area contributed by atoms with Crippen molar-refractivity contribution in [3.63, 3.8) is 0 Å². The van der Waals surface area contributed by atoms with Crippen LogP contribution in [-0.2, 0) is 41.1 Å². The number of phosphoric acid groups is 3. The zero-order valence-electron chi connectivity index (χ0n) is 30.7. The maximum atomic E-state index is 12.5. The van der Waals surface area contributed by atoms with Gasteiger partial charge in [0.15, 0.2) is 11.2 Å². The number of nitrogens with two attached hydrogens (primary N) is 1. The number of aromatic nitrogens is 4. The molecule has 57 heavy (non-hydrogen) atoms. The molecule has 0 radical (unpaired) electrons. The van der Waals surface area contributed by atoms with Gasteiger partial charge in [0.2, 0.25) is 11.9 Å². The molecule has 1 aliphatic rings. The molecule has 3 unspecified atom stereocenters. The second-order valence-corrected chi connectivity index (χ2v) is 20.5. The van der Waals surface area contributed by atoms with Crippen molar-refractivity contribution in [3.05, 3.63) is 46.5 Å². The lowest BCUT2D eigenvalue weighted by Gasteiger charge is -2.24. The van der Waals surface area contributed by atoms with Gasteiger partial charge >= 0.3 is 30.4 Å². The third kappa shape index (κ3) is 15.2. The van der Waals surface area contributed by atoms with E-state index >= 15 is 0 Å². The number of ether oxygens (including phenoxy) is 2. The van der Waals surface area contributed by atoms with Crippen LogP contribution in [0.5, 0.6) is 0 Å². The smallest absolute Gasteiger partial charge is 0.447 e. The number of unbranched alkanes of at least 4 members (excludes halogenated alkanes) is 1. The number of rotatable bonds is 22. The fraction of sp³-hybridized carbons (Fsp3) is 0.536. The lowest BCUT2D eigenvalue weighted by Crippen LogP contribution is -2.36. The molecule has 3 aromatic rings. The molecular formula is C28H43BN7O16P3S2. The average molecular weight is 902 g/mol. The molecule has 1 aromatic carbocycles. The highest BCUT2D eigenvalue weighted by molar-refractivity contribution is 8.77. The summed E-state index contributed by atoms with van der Waals surface area (Å²) in [5.41, 5.74) is 6.27. The summed E-state index contributed by atoms with van der Waals surface area (Å²) in [6.07, 6.45) is -0.271. The molecular weight excluding hydrogens is 858 g/mol. The zero-order valence-corrected chi connectivity index (χ0v) is 35.0. The Morgan fingerprint density at radius 2 is 1.81 bits per heavy atom. The normalized spacial score (nSPS) is 19.5. The molecule has 0 saturated carbocycles. The van der Waals surface area contributed by atoms with Crippen LogP contribution in [0.15, 0.2) is 35.4 Å². The maximum Gasteiger partial charge on any atom is 0.490 e. The molecule has 1 aliphatic heterocycles. The first-order valence-corrected chi connectivity index (χ1v) is 23.8. The number of imidazole rings is 1. The van der Waals surface area contributed by atoms with Crippen molar-refractivity contribution < 1.29 is 70.5 Å². The van der Waals surface area contributed by atoms with Gasteiger partial charge in [0.05, 0.1) is 19.0 Å². The molecule has 3 heterocycles. The standard InChI is InChI=1S/C28H43BN7O16P3S2/c1-28(2,14-32-21(37)6-4-5-11-31-25(38)17-7-9-18(10-8-17)29(3)40)57-56-16-48-19-12-22(36-15-33-23-24(36)34-27(30)35-26(23)39)50-20(19)13-49-54(44,45)52-55(46,47)51-53(41,42)43/h7-10,15,19-20,22,40H,4-6,11-14,16H2,1-3H3,(H,31,38)(H,32,37)(H,44,45)(H,46,47)(H2,41,42,43)(H3,30,34,35,39)/t19?,20-,22-/m1/s1. The number of anilines is 1. The Labute approximate surface area is 333 Å². The molecule has 2 aromatic heterocycles. The Bertz CT molecular complexity index is 2070. The number of carbonyl (C=O) groups is 2. The van der Waals surface area contributed by atoms with Crippen molar-refractivity contribution >= 4 is 86.4 Å². The van der Waals surface area contributed by atoms with Crippen LogP contribution in [0, 0.1) is 0 Å². The Morgan fingerprint density at radius 1 is 1.11 bits per heavy atom. The van der Waals surface area contributed by atoms with Gasteiger partial charge < -0.3 is 50.4 Å². The van der Waals surface area contributed by atoms with Gasteiger partial charge in [-0.05, 0) is 44.3 Å². The summed E-state index contributed by atoms with van der Waals surface area (Å²) in [5, 5.41) is 15.3. The predicted octanol–water partition coefficient (Wildman–Crippen LogP) is 1.37. The Balaban J connectivity index is 1.25. The van der Waals surface area contributed by atoms with Gasteiger partial charge in [-0.1, -0.05) is 40.5 Å². The Hall–Kier alpha value is -2.64. The number of phosphoric ester groups is 1. The first kappa shape index (κ1) is 47.0. The van der Waals surface area contributed by atoms with E-state index in [1.807, 2.05) is 13.8 Å². The fourth-order valence-electron chi connectivity index (χ4n) is 5.18. The van der Waals surface area contributed by atoms with E-state index in [9.17, 15) is 42.9 Å². The van der Waals surface area contributed by atoms with E-state index in [-0.39, 0.29) is 47.7 Å². The average Bonchev–Trinajstić information content (AvgIpc) is 3.70. The SMILES string of the molecule is CB(O)c1ccc(C(=O)NCCCCC(=O)NCC(C)(C)SSCOC2C[C@H](n3cnc4c(=O)[nH]c(N)nc43)O[C@@H]2COP(=O)(O)OP(=O)(O)OP(=O)(O)O)cc1. The van der Waals surface area contributed by atoms with Crippen LogP contribution in [0.1, 0.15) is 56.1 Å². The molecule has 5 atom stereocenters. The second kappa shape index (κ2) is 20.1. The highest BCUT2D eigenvalue weighted by Crippen LogP contribution is 2.66. The number of H-pyrrole nitrogens is 1. The molecule has 1 fully saturated rings. The van der Waals surface area contributed by atoms with Crippen molar-refractivity contribution in [3.8, 4) is 0 Å². The summed E-state index contributed by atoms with van der Waals surface area (Å²) in [4.78, 5) is 84.7. The number of nitrogens with zero attached hydrogens (tertiary/aromatic N) is 3. The fourth-order valence-corrected chi connectivity index (χ4v) is 10.4. The van der Waals surface area contributed by atoms with Crippen LogP contribution in [0.2, 0.25) is 6.82 Å². The summed E-state index contributed by atoms with van der Waals surface area (Å²) >= 11 is 0. The number of nitrogen functional groups attached to an aromatic ring is 1. The molecule has 2 amide bonds. The minimum Gasteiger partial charge on any atom is -0.447 e. The summed E-state index contributed by atoms with van der Waals surface area (Å²) in [6, 6.07) is 6.65. The van der Waals surface area contributed by atoms with E-state index < -0.39 is 65.7 Å². The summed E-state index contributed by atoms with van der Waals surface area (Å²) in [6.45, 7) is 4.71. The quantitative estimate of drug-likeness (QED) is 0.0226. The van der Waals surface area contributed by atoms with Crippen molar-refractivity contribution in [1.29, 1.82) is 0 Å². The number of aromatic amines is 1. The minimum absolute atomic E-state index is 0.0283. The number of hydrogen-bond donors (Lipinski definition) is 9. The first-order chi connectivity index (χ1) is 26.5. The number of nitrogens with one attached hydrogen (secondary N) is 3. The van der Waals surface area contributed by atoms with E-state index in [1.165, 1.54) is 32.5 Å². The van der Waals surface area contributed by atoms with Gasteiger partial charge in [-0.2, -0.15) is 13.6 Å². The lowest BCUT2D eigenvalue weighted by molar-refractivity contribution is -0.121. The lowest BCUT2D eigenvalue weighted by atomic mass is 9.64. The van der Waals surface area contributed by atoms with Gasteiger partial charge in [-0.3, -0.25) is 28.5 Å². The van der Waals surface area contributed by atoms with E-state index in [0.717, 1.165) is 0 Å². The summed E-state index contributed by atoms with van der Waals surface area (Å²) < 4.78 is 60.4. The number of hydrogen-bond acceptors (Lipinski definition) is 17. The molecule has 0 spiro atoms. The van der Waals surface area contributed by atoms with Crippen LogP contribution in [0.25, 0.3) is 11.2 Å². The largest absolute Gasteiger partial charge is 0.490 e. The van der Waals surface area contributed by atoms with Crippen LogP contribution >= 0.6 is 45.1 Å². The van der Waals surface area contributed by atoms with Gasteiger partial charge in [0.1, 0.15) is 18.3 Å². The first-order valence-electron chi connectivity index (χ1n) is 16.9. The van der Waals surface area contributed by atoms with Crippen LogP contribution < -0.4 is 27.4 Å². The van der Waals surface area contributed by atoms with E-state index in [4.69, 9.17) is 29.5 Å². The van der Waals surface area contributed by atoms with Gasteiger partial charge in [-0.15, -0.1) is 0 Å². The van der Waals surface area contributed by atoms with Crippen molar-refractivity contribution in [1.82, 2.24) is 30.2 Å². The van der Waals surface area contributed by atoms with Crippen LogP contribution in [0.4, 0.5) is 5.95 Å². The highest BCUT2D eigenvalue weighted by Gasteiger charge is 2.44. The molecule has 10 N–H and O–H groups in total. The zero-order chi connectivity index (χ0) is 42.2. The van der Waals surface area contributed by atoms with Gasteiger partial charge in [0, 0.05) is 36.2 Å². The van der Waals surface area contributed by atoms with Crippen LogP contribution in [0.3, 0.4) is 0 Å². The van der Waals surface area contributed by atoms with Crippen LogP contribution in [-0.4, -0.2) is 105 Å². The number of carbonyl (C=O) groups excluding carboxylic acids is 2. The monoisotopic (exact) mass is 901 g/mol. The number of fused-ring (bicyclic) bond motifs is 1. The summed E-state index contributed by atoms with van der Waals surface area (Å²) in [5.74, 6) is -0.581. The molecule has 23 nitrogen and oxygen atoms in total. The highest BCUT2D eigenvalue weighted by atomic mass is 33.1. The van der Waals surface area contributed by atoms with Gasteiger partial charge in [0.25, 0.3) is 11.5 Å². The summed E-state index contributed by atoms with van der Waals surface area (Å²) in [7, 11) is -14.2. The van der Waals surface area contributed by atoms with E-state index in [1.54, 1.807) is 31.1 Å². The molecule has 0 aliphatic carbocycles. The molecule has 4 rings (SSSR count). The van der Waals surface area contributed by atoms with Gasteiger partial charge in [-0.25, -0.2) is 18.7 Å². The van der Waals surface area contributed by atoms with Crippen molar-refractivity contribution in [2.45, 2.75) is 69.5 Å². The molecule has 316 valence electrons. The topological polar surface area (TPSA) is 346 Å². The van der Waals surface area contributed by atoms with E-state index in [0.29, 0.717) is 37.0 Å². The maximum absolute atomic E-state index is 12.5. The Kier molecular flexibility index (Phi) is 16.6. The predicted molar refractivity (Wildman–Crippen MR) is 209 cm³/mol. The second-order valence-electron chi connectivity index (χ2n) is 13.1. The molecule has 29 heteroatoms. The molecule has 1 saturated heterocycles. The minimum atomic E-state index is -5.77. The van der Waals surface area contributed by atoms with E-state index in [2.05, 4.69) is 34.2 Å². The molecule has 0 bridgehead atoms. The number of amides is 2. The third-order valence-electron chi connectivity index (χ3n) is 7.86. The van der Waals surface area contributed by atoms with Crippen molar-refractivity contribution in [2.75, 3.05) is 31.4 Å². The van der Waals surface area contributed by atoms with Crippen molar-refractivity contribution in [2.24, 2.45) is 0 Å². The Morgan fingerprint density at radius 3 is 2.47 bits per heavy atom.